The van der Waals surface area contributed by atoms with Crippen LogP contribution in [0.25, 0.3) is 11.1 Å². The predicted molar refractivity (Wildman–Crippen MR) is 166 cm³/mol. The Labute approximate surface area is 249 Å². The highest BCUT2D eigenvalue weighted by Crippen LogP contribution is 2.34. The first-order chi connectivity index (χ1) is 20.2. The first-order valence-electron chi connectivity index (χ1n) is 15.0. The van der Waals surface area contributed by atoms with Crippen LogP contribution in [0.5, 0.6) is 0 Å². The van der Waals surface area contributed by atoms with Gasteiger partial charge >= 0.3 is 0 Å². The van der Waals surface area contributed by atoms with E-state index in [4.69, 9.17) is 0 Å². The largest absolute Gasteiger partial charge is 0.340 e. The van der Waals surface area contributed by atoms with Crippen molar-refractivity contribution in [2.45, 2.75) is 62.6 Å². The molecule has 1 aliphatic carbocycles. The molecule has 3 aromatic carbocycles. The number of carbonyl (C=O) groups is 2. The molecule has 0 spiro atoms. The summed E-state index contributed by atoms with van der Waals surface area (Å²) in [5.41, 5.74) is 2.46. The lowest BCUT2D eigenvalue weighted by molar-refractivity contribution is -0.132. The average Bonchev–Trinajstić information content (AvgIpc) is 3.36. The van der Waals surface area contributed by atoms with E-state index in [2.05, 4.69) is 24.5 Å². The second-order valence-electron chi connectivity index (χ2n) is 12.0. The lowest BCUT2D eigenvalue weighted by atomic mass is 9.81. The van der Waals surface area contributed by atoms with Crippen molar-refractivity contribution >= 4 is 21.7 Å². The van der Waals surface area contributed by atoms with Gasteiger partial charge in [0, 0.05) is 24.2 Å². The minimum Gasteiger partial charge on any atom is -0.340 e. The zero-order valence-electron chi connectivity index (χ0n) is 24.4. The van der Waals surface area contributed by atoms with Crippen molar-refractivity contribution in [1.29, 1.82) is 0 Å². The van der Waals surface area contributed by atoms with Gasteiger partial charge in [0.15, 0.2) is 9.84 Å². The molecule has 42 heavy (non-hydrogen) atoms. The van der Waals surface area contributed by atoms with E-state index in [1.807, 2.05) is 59.5 Å². The number of carbonyl (C=O) groups excluding carboxylic acids is 2. The van der Waals surface area contributed by atoms with E-state index in [1.165, 1.54) is 0 Å². The van der Waals surface area contributed by atoms with E-state index in [9.17, 15) is 18.0 Å². The summed E-state index contributed by atoms with van der Waals surface area (Å²) in [7, 11) is -3.53. The summed E-state index contributed by atoms with van der Waals surface area (Å²) in [6, 6.07) is 25.3. The number of amides is 2. The van der Waals surface area contributed by atoms with Gasteiger partial charge in [-0.1, -0.05) is 74.5 Å². The number of hydrogen-bond acceptors (Lipinski definition) is 5. The summed E-state index contributed by atoms with van der Waals surface area (Å²) in [6.45, 7) is 5.69. The highest BCUT2D eigenvalue weighted by Gasteiger charge is 2.43. The minimum atomic E-state index is -3.53. The fourth-order valence-electron chi connectivity index (χ4n) is 6.31. The van der Waals surface area contributed by atoms with E-state index in [-0.39, 0.29) is 35.6 Å². The van der Waals surface area contributed by atoms with Crippen LogP contribution in [0.4, 0.5) is 0 Å². The maximum Gasteiger partial charge on any atom is 0.251 e. The van der Waals surface area contributed by atoms with Gasteiger partial charge in [-0.3, -0.25) is 9.59 Å². The molecule has 1 aliphatic heterocycles. The molecule has 2 aliphatic rings. The molecule has 1 saturated carbocycles. The maximum atomic E-state index is 13.7. The van der Waals surface area contributed by atoms with E-state index in [1.54, 1.807) is 30.3 Å². The van der Waals surface area contributed by atoms with E-state index in [0.717, 1.165) is 30.5 Å². The Morgan fingerprint density at radius 1 is 0.905 bits per heavy atom. The Kier molecular flexibility index (Phi) is 9.43. The van der Waals surface area contributed by atoms with Gasteiger partial charge in [-0.15, -0.1) is 0 Å². The van der Waals surface area contributed by atoms with Crippen molar-refractivity contribution < 1.29 is 18.0 Å². The van der Waals surface area contributed by atoms with E-state index < -0.39 is 15.9 Å². The standard InChI is InChI=1S/C34H41N3O4S/c1-24(2)22-35-29-16-17-32(28(21-29)23-42(40,41)30-14-7-4-8-15-30)37-19-18-31(34(37)39)36-33(38)27-13-9-12-26(20-27)25-10-5-3-6-11-25/h3-15,20,24,28-29,31-32,35H,16-19,21-23H2,1-2H3,(H,36,38)/t28-,29+,31-,32-/m0/s1. The van der Waals surface area contributed by atoms with Crippen LogP contribution < -0.4 is 10.6 Å². The monoisotopic (exact) mass is 587 g/mol. The smallest absolute Gasteiger partial charge is 0.251 e. The van der Waals surface area contributed by atoms with Crippen LogP contribution in [0, 0.1) is 11.8 Å². The Morgan fingerprint density at radius 3 is 2.31 bits per heavy atom. The molecule has 222 valence electrons. The zero-order chi connectivity index (χ0) is 29.7. The van der Waals surface area contributed by atoms with Gasteiger partial charge in [-0.05, 0) is 79.5 Å². The third-order valence-electron chi connectivity index (χ3n) is 8.47. The summed E-state index contributed by atoms with van der Waals surface area (Å²) in [5.74, 6) is -0.114. The average molecular weight is 588 g/mol. The highest BCUT2D eigenvalue weighted by molar-refractivity contribution is 7.91. The lowest BCUT2D eigenvalue weighted by Gasteiger charge is -2.41. The normalized spacial score (nSPS) is 22.8. The van der Waals surface area contributed by atoms with Crippen LogP contribution in [0.3, 0.4) is 0 Å². The van der Waals surface area contributed by atoms with E-state index >= 15 is 0 Å². The highest BCUT2D eigenvalue weighted by atomic mass is 32.2. The summed E-state index contributed by atoms with van der Waals surface area (Å²) in [5, 5.41) is 6.58. The zero-order valence-corrected chi connectivity index (χ0v) is 25.2. The molecule has 1 saturated heterocycles. The third kappa shape index (κ3) is 7.10. The van der Waals surface area contributed by atoms with Gasteiger partial charge in [0.1, 0.15) is 6.04 Å². The van der Waals surface area contributed by atoms with E-state index in [0.29, 0.717) is 35.8 Å². The number of hydrogen-bond donors (Lipinski definition) is 2. The number of rotatable bonds is 10. The second-order valence-corrected chi connectivity index (χ2v) is 14.1. The first-order valence-corrected chi connectivity index (χ1v) is 16.6. The first kappa shape index (κ1) is 30.0. The Balaban J connectivity index is 1.29. The van der Waals surface area contributed by atoms with Crippen molar-refractivity contribution in [1.82, 2.24) is 15.5 Å². The molecule has 0 unspecified atom stereocenters. The van der Waals surface area contributed by atoms with Crippen molar-refractivity contribution in [3.63, 3.8) is 0 Å². The summed E-state index contributed by atoms with van der Waals surface area (Å²) >= 11 is 0. The summed E-state index contributed by atoms with van der Waals surface area (Å²) in [6.07, 6.45) is 2.81. The number of benzene rings is 3. The summed E-state index contributed by atoms with van der Waals surface area (Å²) in [4.78, 5) is 29.1. The molecule has 2 fully saturated rings. The minimum absolute atomic E-state index is 0.00533. The van der Waals surface area contributed by atoms with Crippen LogP contribution >= 0.6 is 0 Å². The SMILES string of the molecule is CC(C)CN[C@@H]1CC[C@H](N2CC[C@H](NC(=O)c3cccc(-c4ccccc4)c3)C2=O)[C@H](CS(=O)(=O)c2ccccc2)C1. The molecule has 4 atom stereocenters. The molecule has 7 nitrogen and oxygen atoms in total. The Morgan fingerprint density at radius 2 is 1.60 bits per heavy atom. The fourth-order valence-corrected chi connectivity index (χ4v) is 7.99. The molecule has 3 aromatic rings. The molecule has 2 N–H and O–H groups in total. The van der Waals surface area contributed by atoms with Crippen LogP contribution in [0.1, 0.15) is 49.9 Å². The molecule has 0 bridgehead atoms. The molecule has 8 heteroatoms. The molecule has 0 aromatic heterocycles. The van der Waals surface area contributed by atoms with Crippen molar-refractivity contribution in [3.8, 4) is 11.1 Å². The van der Waals surface area contributed by atoms with Crippen LogP contribution in [0.2, 0.25) is 0 Å². The fraction of sp³-hybridized carbons (Fsp3) is 0.412. The van der Waals surface area contributed by atoms with Gasteiger partial charge in [-0.2, -0.15) is 0 Å². The van der Waals surface area contributed by atoms with Gasteiger partial charge in [0.25, 0.3) is 5.91 Å². The molecule has 1 heterocycles. The molecule has 2 amide bonds. The van der Waals surface area contributed by atoms with Gasteiger partial charge in [0.2, 0.25) is 5.91 Å². The predicted octanol–water partition coefficient (Wildman–Crippen LogP) is 4.94. The topological polar surface area (TPSA) is 95.6 Å². The third-order valence-corrected chi connectivity index (χ3v) is 10.3. The second kappa shape index (κ2) is 13.2. The Bertz CT molecular complexity index is 1480. The van der Waals surface area contributed by atoms with Gasteiger partial charge in [-0.25, -0.2) is 8.42 Å². The van der Waals surface area contributed by atoms with Crippen LogP contribution in [0.15, 0.2) is 89.8 Å². The number of nitrogens with zero attached hydrogens (tertiary/aromatic N) is 1. The van der Waals surface area contributed by atoms with Crippen molar-refractivity contribution in [2.24, 2.45) is 11.8 Å². The quantitative estimate of drug-likeness (QED) is 0.350. The summed E-state index contributed by atoms with van der Waals surface area (Å²) < 4.78 is 26.9. The Hall–Kier alpha value is -3.49. The number of likely N-dealkylation sites (tertiary alicyclic amines) is 1. The van der Waals surface area contributed by atoms with Crippen LogP contribution in [-0.2, 0) is 14.6 Å². The maximum absolute atomic E-state index is 13.7. The van der Waals surface area contributed by atoms with Gasteiger partial charge in [0.05, 0.1) is 10.6 Å². The molecule has 0 radical (unpaired) electrons. The van der Waals surface area contributed by atoms with Crippen molar-refractivity contribution in [2.75, 3.05) is 18.8 Å². The number of nitrogens with one attached hydrogen (secondary N) is 2. The number of sulfone groups is 1. The molecular formula is C34H41N3O4S. The van der Waals surface area contributed by atoms with Crippen LogP contribution in [-0.4, -0.2) is 62.1 Å². The van der Waals surface area contributed by atoms with Gasteiger partial charge < -0.3 is 15.5 Å². The molecular weight excluding hydrogens is 546 g/mol. The molecule has 5 rings (SSSR count). The lowest BCUT2D eigenvalue weighted by Crippen LogP contribution is -2.52. The van der Waals surface area contributed by atoms with Crippen molar-refractivity contribution in [3.05, 3.63) is 90.5 Å².